The van der Waals surface area contributed by atoms with Crippen LogP contribution >= 0.6 is 0 Å². The van der Waals surface area contributed by atoms with Crippen LogP contribution < -0.4 is 11.1 Å². The molecule has 1 fully saturated rings. The summed E-state index contributed by atoms with van der Waals surface area (Å²) < 4.78 is 20.7. The van der Waals surface area contributed by atoms with E-state index < -0.39 is 23.1 Å². The zero-order valence-electron chi connectivity index (χ0n) is 22.4. The second-order valence-corrected chi connectivity index (χ2v) is 10.4. The van der Waals surface area contributed by atoms with E-state index in [9.17, 15) is 14.7 Å². The van der Waals surface area contributed by atoms with E-state index in [0.717, 1.165) is 12.0 Å². The molecule has 0 unspecified atom stereocenters. The number of hydrogen-bond donors (Lipinski definition) is 3. The molecule has 37 heavy (non-hydrogen) atoms. The van der Waals surface area contributed by atoms with Crippen LogP contribution in [0, 0.1) is 11.7 Å². The normalized spacial score (nSPS) is 17.7. The van der Waals surface area contributed by atoms with Gasteiger partial charge in [0.2, 0.25) is 5.91 Å². The number of benzene rings is 2. The average Bonchev–Trinajstić information content (AvgIpc) is 2.89. The Labute approximate surface area is 219 Å². The zero-order valence-corrected chi connectivity index (χ0v) is 22.4. The van der Waals surface area contributed by atoms with Crippen LogP contribution in [0.3, 0.4) is 0 Å². The number of alkyl carbamates (subject to hydrolysis) is 1. The fraction of sp³-hybridized carbons (Fsp3) is 0.517. The number of carbonyl (C=O) groups excluding carboxylic acids is 2. The molecule has 1 aliphatic heterocycles. The Morgan fingerprint density at radius 1 is 1.24 bits per heavy atom. The highest BCUT2D eigenvalue weighted by molar-refractivity contribution is 5.85. The maximum absolute atomic E-state index is 15.5. The molecular formula is C29H40FN3O4. The van der Waals surface area contributed by atoms with Crippen molar-refractivity contribution in [2.75, 3.05) is 26.7 Å². The van der Waals surface area contributed by atoms with Crippen molar-refractivity contribution in [1.82, 2.24) is 10.2 Å². The number of nitrogens with one attached hydrogen (secondary N) is 1. The molecule has 2 aromatic rings. The average molecular weight is 514 g/mol. The molecule has 1 saturated heterocycles. The molecule has 1 heterocycles. The highest BCUT2D eigenvalue weighted by Crippen LogP contribution is 2.44. The first kappa shape index (κ1) is 28.6. The molecule has 0 aliphatic carbocycles. The largest absolute Gasteiger partial charge is 0.450 e. The summed E-state index contributed by atoms with van der Waals surface area (Å²) >= 11 is 0. The van der Waals surface area contributed by atoms with Gasteiger partial charge in [-0.05, 0) is 68.7 Å². The summed E-state index contributed by atoms with van der Waals surface area (Å²) in [5.41, 5.74) is 6.19. The molecular weight excluding hydrogens is 473 g/mol. The SMILES string of the molecule is CCc1cccc(-c2c(F)cccc2[C@](O)(CCCOC(=O)NC)[C@@H]2CCCN(C(=O)C(C)(C)N)C2)c1. The topological polar surface area (TPSA) is 105 Å². The van der Waals surface area contributed by atoms with Crippen LogP contribution in [0.2, 0.25) is 0 Å². The third-order valence-electron chi connectivity index (χ3n) is 7.18. The number of amides is 2. The van der Waals surface area contributed by atoms with E-state index in [1.165, 1.54) is 13.1 Å². The van der Waals surface area contributed by atoms with Crippen LogP contribution in [0.15, 0.2) is 42.5 Å². The molecule has 0 bridgehead atoms. The van der Waals surface area contributed by atoms with Gasteiger partial charge in [0.15, 0.2) is 0 Å². The molecule has 2 aromatic carbocycles. The van der Waals surface area contributed by atoms with Crippen molar-refractivity contribution < 1.29 is 23.8 Å². The number of likely N-dealkylation sites (tertiary alicyclic amines) is 1. The lowest BCUT2D eigenvalue weighted by atomic mass is 9.72. The summed E-state index contributed by atoms with van der Waals surface area (Å²) in [6, 6.07) is 12.5. The van der Waals surface area contributed by atoms with Crippen LogP contribution in [0.1, 0.15) is 57.6 Å². The summed E-state index contributed by atoms with van der Waals surface area (Å²) in [6.45, 7) is 6.34. The quantitative estimate of drug-likeness (QED) is 0.432. The van der Waals surface area contributed by atoms with Crippen LogP contribution in [-0.4, -0.2) is 54.3 Å². The minimum atomic E-state index is -1.47. The van der Waals surface area contributed by atoms with E-state index in [-0.39, 0.29) is 24.9 Å². The Kier molecular flexibility index (Phi) is 9.31. The number of carbonyl (C=O) groups is 2. The van der Waals surface area contributed by atoms with E-state index in [2.05, 4.69) is 5.32 Å². The highest BCUT2D eigenvalue weighted by atomic mass is 19.1. The number of aryl methyl sites for hydroxylation is 1. The number of nitrogens with two attached hydrogens (primary N) is 1. The van der Waals surface area contributed by atoms with Gasteiger partial charge in [0, 0.05) is 31.6 Å². The molecule has 2 atom stereocenters. The number of hydrogen-bond acceptors (Lipinski definition) is 5. The van der Waals surface area contributed by atoms with E-state index in [1.54, 1.807) is 30.9 Å². The van der Waals surface area contributed by atoms with Crippen molar-refractivity contribution in [3.63, 3.8) is 0 Å². The summed E-state index contributed by atoms with van der Waals surface area (Å²) in [5, 5.41) is 14.8. The molecule has 0 saturated carbocycles. The first-order valence-corrected chi connectivity index (χ1v) is 13.0. The van der Waals surface area contributed by atoms with Gasteiger partial charge in [-0.15, -0.1) is 0 Å². The summed E-state index contributed by atoms with van der Waals surface area (Å²) in [6.07, 6.45) is 2.19. The fourth-order valence-corrected chi connectivity index (χ4v) is 5.22. The summed E-state index contributed by atoms with van der Waals surface area (Å²) in [5.74, 6) is -0.960. The molecule has 0 radical (unpaired) electrons. The third kappa shape index (κ3) is 6.67. The molecule has 7 nitrogen and oxygen atoms in total. The lowest BCUT2D eigenvalue weighted by Gasteiger charge is -2.44. The lowest BCUT2D eigenvalue weighted by molar-refractivity contribution is -0.141. The molecule has 4 N–H and O–H groups in total. The zero-order chi connectivity index (χ0) is 27.2. The van der Waals surface area contributed by atoms with Gasteiger partial charge in [-0.3, -0.25) is 4.79 Å². The Morgan fingerprint density at radius 2 is 1.97 bits per heavy atom. The Morgan fingerprint density at radius 3 is 2.65 bits per heavy atom. The molecule has 202 valence electrons. The number of nitrogens with zero attached hydrogens (tertiary/aromatic N) is 1. The van der Waals surface area contributed by atoms with Crippen molar-refractivity contribution in [3.8, 4) is 11.1 Å². The minimum Gasteiger partial charge on any atom is -0.450 e. The molecule has 3 rings (SSSR count). The van der Waals surface area contributed by atoms with Gasteiger partial charge in [-0.1, -0.05) is 43.3 Å². The second-order valence-electron chi connectivity index (χ2n) is 10.4. The van der Waals surface area contributed by atoms with E-state index in [1.807, 2.05) is 31.2 Å². The molecule has 0 aromatic heterocycles. The molecule has 0 spiro atoms. The molecule has 2 amide bonds. The first-order chi connectivity index (χ1) is 17.5. The summed E-state index contributed by atoms with van der Waals surface area (Å²) in [7, 11) is 1.48. The third-order valence-corrected chi connectivity index (χ3v) is 7.18. The smallest absolute Gasteiger partial charge is 0.406 e. The van der Waals surface area contributed by atoms with Gasteiger partial charge in [0.25, 0.3) is 0 Å². The maximum Gasteiger partial charge on any atom is 0.406 e. The van der Waals surface area contributed by atoms with Gasteiger partial charge >= 0.3 is 6.09 Å². The van der Waals surface area contributed by atoms with Crippen molar-refractivity contribution in [2.24, 2.45) is 11.7 Å². The standard InChI is InChI=1S/C29H40FN3O4/c1-5-20-10-6-11-21(18-20)25-23(13-7-14-24(25)30)29(36,15-9-17-37-27(35)32-4)22-12-8-16-33(19-22)26(34)28(2,3)31/h6-7,10-11,13-14,18,22,36H,5,8-9,12,15-17,19,31H2,1-4H3,(H,32,35)/t22-,29+/m1/s1. The Bertz CT molecular complexity index is 1100. The second kappa shape index (κ2) is 12.0. The van der Waals surface area contributed by atoms with Crippen LogP contribution in [-0.2, 0) is 21.6 Å². The summed E-state index contributed by atoms with van der Waals surface area (Å²) in [4.78, 5) is 26.3. The number of rotatable bonds is 9. The van der Waals surface area contributed by atoms with Crippen LogP contribution in [0.4, 0.5) is 9.18 Å². The van der Waals surface area contributed by atoms with Crippen molar-refractivity contribution in [1.29, 1.82) is 0 Å². The predicted octanol–water partition coefficient (Wildman–Crippen LogP) is 4.35. The van der Waals surface area contributed by atoms with Crippen molar-refractivity contribution in [3.05, 3.63) is 59.4 Å². The Hall–Kier alpha value is -2.97. The minimum absolute atomic E-state index is 0.100. The maximum atomic E-state index is 15.5. The van der Waals surface area contributed by atoms with Gasteiger partial charge in [-0.25, -0.2) is 9.18 Å². The van der Waals surface area contributed by atoms with Crippen molar-refractivity contribution >= 4 is 12.0 Å². The van der Waals surface area contributed by atoms with Crippen LogP contribution in [0.25, 0.3) is 11.1 Å². The van der Waals surface area contributed by atoms with E-state index in [4.69, 9.17) is 10.5 Å². The number of aliphatic hydroxyl groups is 1. The lowest BCUT2D eigenvalue weighted by Crippen LogP contribution is -2.56. The molecule has 8 heteroatoms. The molecule has 1 aliphatic rings. The van der Waals surface area contributed by atoms with Gasteiger partial charge < -0.3 is 25.8 Å². The van der Waals surface area contributed by atoms with Crippen LogP contribution in [0.5, 0.6) is 0 Å². The number of halogens is 1. The van der Waals surface area contributed by atoms with Gasteiger partial charge in [0.1, 0.15) is 5.82 Å². The monoisotopic (exact) mass is 513 g/mol. The van der Waals surface area contributed by atoms with Gasteiger partial charge in [-0.2, -0.15) is 0 Å². The predicted molar refractivity (Wildman–Crippen MR) is 142 cm³/mol. The number of piperidine rings is 1. The highest BCUT2D eigenvalue weighted by Gasteiger charge is 2.44. The fourth-order valence-electron chi connectivity index (χ4n) is 5.22. The number of ether oxygens (including phenoxy) is 1. The van der Waals surface area contributed by atoms with Crippen molar-refractivity contribution in [2.45, 2.75) is 64.0 Å². The van der Waals surface area contributed by atoms with Gasteiger partial charge in [0.05, 0.1) is 17.7 Å². The first-order valence-electron chi connectivity index (χ1n) is 13.0. The Balaban J connectivity index is 2.05. The van der Waals surface area contributed by atoms with E-state index >= 15 is 4.39 Å². The van der Waals surface area contributed by atoms with E-state index in [0.29, 0.717) is 49.0 Å².